The number of hydrogen-bond donors (Lipinski definition) is 1. The third-order valence-electron chi connectivity index (χ3n) is 2.59. The Morgan fingerprint density at radius 3 is 2.94 bits per heavy atom. The van der Waals surface area contributed by atoms with Gasteiger partial charge in [0.1, 0.15) is 6.07 Å². The van der Waals surface area contributed by atoms with E-state index in [1.807, 2.05) is 37.5 Å². The third kappa shape index (κ3) is 2.90. The summed E-state index contributed by atoms with van der Waals surface area (Å²) >= 11 is 3.37. The molecule has 0 amide bonds. The molecular weight excluding hydrogens is 292 g/mol. The van der Waals surface area contributed by atoms with Gasteiger partial charge in [0, 0.05) is 30.7 Å². The van der Waals surface area contributed by atoms with Crippen molar-refractivity contribution in [2.75, 3.05) is 11.9 Å². The lowest BCUT2D eigenvalue weighted by Crippen LogP contribution is -2.07. The maximum absolute atomic E-state index is 9.08. The first-order valence-corrected chi connectivity index (χ1v) is 6.41. The topological polar surface area (TPSA) is 53.6 Å². The van der Waals surface area contributed by atoms with E-state index < -0.39 is 0 Å². The Bertz CT molecular complexity index is 583. The van der Waals surface area contributed by atoms with Gasteiger partial charge in [-0.3, -0.25) is 4.68 Å². The Balaban J connectivity index is 1.99. The van der Waals surface area contributed by atoms with Crippen LogP contribution in [0.1, 0.15) is 11.3 Å². The van der Waals surface area contributed by atoms with Crippen LogP contribution in [0.4, 0.5) is 5.69 Å². The second kappa shape index (κ2) is 5.69. The summed E-state index contributed by atoms with van der Waals surface area (Å²) in [7, 11) is 1.90. The lowest BCUT2D eigenvalue weighted by Gasteiger charge is -2.08. The highest BCUT2D eigenvalue weighted by molar-refractivity contribution is 9.10. The van der Waals surface area contributed by atoms with E-state index in [4.69, 9.17) is 5.26 Å². The molecule has 18 heavy (non-hydrogen) atoms. The largest absolute Gasteiger partial charge is 0.384 e. The Morgan fingerprint density at radius 2 is 2.28 bits per heavy atom. The van der Waals surface area contributed by atoms with Gasteiger partial charge < -0.3 is 5.32 Å². The fourth-order valence-electron chi connectivity index (χ4n) is 1.71. The summed E-state index contributed by atoms with van der Waals surface area (Å²) in [5.74, 6) is 0. The number of aryl methyl sites for hydroxylation is 1. The van der Waals surface area contributed by atoms with Crippen molar-refractivity contribution >= 4 is 21.6 Å². The molecule has 1 aromatic heterocycles. The van der Waals surface area contributed by atoms with Gasteiger partial charge in [0.25, 0.3) is 0 Å². The highest BCUT2D eigenvalue weighted by atomic mass is 79.9. The molecule has 1 N–H and O–H groups in total. The molecule has 0 unspecified atom stereocenters. The quantitative estimate of drug-likeness (QED) is 0.945. The van der Waals surface area contributed by atoms with Gasteiger partial charge in [-0.15, -0.1) is 0 Å². The van der Waals surface area contributed by atoms with E-state index in [0.29, 0.717) is 5.56 Å². The molecule has 0 aliphatic heterocycles. The average molecular weight is 305 g/mol. The van der Waals surface area contributed by atoms with Crippen molar-refractivity contribution in [2.24, 2.45) is 7.05 Å². The maximum atomic E-state index is 9.08. The van der Waals surface area contributed by atoms with Crippen LogP contribution in [0.3, 0.4) is 0 Å². The first kappa shape index (κ1) is 12.7. The van der Waals surface area contributed by atoms with Crippen LogP contribution >= 0.6 is 15.9 Å². The molecule has 92 valence electrons. The standard InChI is InChI=1S/C13H13BrN4/c1-18-8-6-10(17-18)5-7-16-13-4-2-3-12(14)11(13)9-15/h2-4,6,8,16H,5,7H2,1H3. The zero-order valence-electron chi connectivity index (χ0n) is 10.0. The molecule has 1 aromatic carbocycles. The minimum atomic E-state index is 0.638. The molecule has 0 atom stereocenters. The van der Waals surface area contributed by atoms with Crippen LogP contribution in [0.15, 0.2) is 34.9 Å². The fourth-order valence-corrected chi connectivity index (χ4v) is 2.16. The van der Waals surface area contributed by atoms with Gasteiger partial charge in [-0.25, -0.2) is 0 Å². The number of nitrogens with zero attached hydrogens (tertiary/aromatic N) is 3. The Hall–Kier alpha value is -1.80. The first-order valence-electron chi connectivity index (χ1n) is 5.61. The van der Waals surface area contributed by atoms with Crippen molar-refractivity contribution in [1.29, 1.82) is 5.26 Å². The van der Waals surface area contributed by atoms with Crippen LogP contribution in [0.25, 0.3) is 0 Å². The second-order valence-electron chi connectivity index (χ2n) is 3.93. The van der Waals surface area contributed by atoms with Crippen molar-refractivity contribution in [2.45, 2.75) is 6.42 Å². The molecule has 1 heterocycles. The molecule has 0 saturated heterocycles. The van der Waals surface area contributed by atoms with Crippen LogP contribution in [0.5, 0.6) is 0 Å². The monoisotopic (exact) mass is 304 g/mol. The van der Waals surface area contributed by atoms with Crippen LogP contribution in [0.2, 0.25) is 0 Å². The normalized spacial score (nSPS) is 10.1. The van der Waals surface area contributed by atoms with Gasteiger partial charge in [-0.05, 0) is 34.1 Å². The molecule has 5 heteroatoms. The highest BCUT2D eigenvalue weighted by Gasteiger charge is 2.05. The smallest absolute Gasteiger partial charge is 0.103 e. The molecule has 0 aliphatic carbocycles. The van der Waals surface area contributed by atoms with Crippen molar-refractivity contribution in [3.8, 4) is 6.07 Å². The number of halogens is 1. The number of nitriles is 1. The minimum absolute atomic E-state index is 0.638. The van der Waals surface area contributed by atoms with Crippen LogP contribution in [-0.2, 0) is 13.5 Å². The summed E-state index contributed by atoms with van der Waals surface area (Å²) in [5.41, 5.74) is 2.53. The summed E-state index contributed by atoms with van der Waals surface area (Å²) in [5, 5.41) is 16.6. The third-order valence-corrected chi connectivity index (χ3v) is 3.25. The van der Waals surface area contributed by atoms with Crippen LogP contribution < -0.4 is 5.32 Å². The van der Waals surface area contributed by atoms with E-state index in [9.17, 15) is 0 Å². The SMILES string of the molecule is Cn1ccc(CCNc2cccc(Br)c2C#N)n1. The molecule has 0 saturated carbocycles. The highest BCUT2D eigenvalue weighted by Crippen LogP contribution is 2.23. The summed E-state index contributed by atoms with van der Waals surface area (Å²) in [6.45, 7) is 0.752. The lowest BCUT2D eigenvalue weighted by atomic mass is 10.2. The lowest BCUT2D eigenvalue weighted by molar-refractivity contribution is 0.742. The maximum Gasteiger partial charge on any atom is 0.103 e. The van der Waals surface area contributed by atoms with Gasteiger partial charge in [-0.1, -0.05) is 6.07 Å². The summed E-state index contributed by atoms with van der Waals surface area (Å²) < 4.78 is 2.60. The van der Waals surface area contributed by atoms with Gasteiger partial charge in [0.15, 0.2) is 0 Å². The van der Waals surface area contributed by atoms with Gasteiger partial charge in [0.05, 0.1) is 16.9 Å². The van der Waals surface area contributed by atoms with Crippen molar-refractivity contribution in [3.63, 3.8) is 0 Å². The number of hydrogen-bond acceptors (Lipinski definition) is 3. The van der Waals surface area contributed by atoms with E-state index in [-0.39, 0.29) is 0 Å². The van der Waals surface area contributed by atoms with Crippen molar-refractivity contribution in [3.05, 3.63) is 46.2 Å². The Labute approximate surface area is 114 Å². The predicted octanol–water partition coefficient (Wildman–Crippen LogP) is 2.71. The van der Waals surface area contributed by atoms with Gasteiger partial charge >= 0.3 is 0 Å². The van der Waals surface area contributed by atoms with E-state index in [1.54, 1.807) is 4.68 Å². The first-order chi connectivity index (χ1) is 8.70. The Kier molecular flexibility index (Phi) is 4.00. The van der Waals surface area contributed by atoms with Crippen molar-refractivity contribution in [1.82, 2.24) is 9.78 Å². The summed E-state index contributed by atoms with van der Waals surface area (Å²) in [6.07, 6.45) is 2.76. The fraction of sp³-hybridized carbons (Fsp3) is 0.231. The predicted molar refractivity (Wildman–Crippen MR) is 74.3 cm³/mol. The van der Waals surface area contributed by atoms with E-state index in [0.717, 1.165) is 28.8 Å². The zero-order valence-corrected chi connectivity index (χ0v) is 11.6. The molecule has 0 spiro atoms. The second-order valence-corrected chi connectivity index (χ2v) is 4.79. The molecule has 2 rings (SSSR count). The number of rotatable bonds is 4. The molecule has 0 fully saturated rings. The van der Waals surface area contributed by atoms with E-state index >= 15 is 0 Å². The molecular formula is C13H13BrN4. The van der Waals surface area contributed by atoms with Gasteiger partial charge in [-0.2, -0.15) is 10.4 Å². The Morgan fingerprint density at radius 1 is 1.44 bits per heavy atom. The molecule has 0 radical (unpaired) electrons. The summed E-state index contributed by atoms with van der Waals surface area (Å²) in [4.78, 5) is 0. The number of benzene rings is 1. The molecule has 2 aromatic rings. The van der Waals surface area contributed by atoms with Gasteiger partial charge in [0.2, 0.25) is 0 Å². The summed E-state index contributed by atoms with van der Waals surface area (Å²) in [6, 6.07) is 9.86. The molecule has 0 bridgehead atoms. The number of anilines is 1. The van der Waals surface area contributed by atoms with E-state index in [1.165, 1.54) is 0 Å². The minimum Gasteiger partial charge on any atom is -0.384 e. The van der Waals surface area contributed by atoms with Crippen LogP contribution in [-0.4, -0.2) is 16.3 Å². The van der Waals surface area contributed by atoms with Crippen LogP contribution in [0, 0.1) is 11.3 Å². The average Bonchev–Trinajstić information content (AvgIpc) is 2.75. The zero-order chi connectivity index (χ0) is 13.0. The van der Waals surface area contributed by atoms with Crippen molar-refractivity contribution < 1.29 is 0 Å². The van der Waals surface area contributed by atoms with E-state index in [2.05, 4.69) is 32.4 Å². The number of nitrogens with one attached hydrogen (secondary N) is 1. The molecule has 0 aliphatic rings. The molecule has 4 nitrogen and oxygen atoms in total. The number of aromatic nitrogens is 2.